The van der Waals surface area contributed by atoms with Gasteiger partial charge < -0.3 is 20.1 Å². The lowest BCUT2D eigenvalue weighted by atomic mass is 10.3. The zero-order valence-electron chi connectivity index (χ0n) is 13.8. The fourth-order valence-electron chi connectivity index (χ4n) is 2.01. The maximum atomic E-state index is 11.9. The molecule has 5 nitrogen and oxygen atoms in total. The van der Waals surface area contributed by atoms with E-state index in [-0.39, 0.29) is 11.0 Å². The first-order valence-electron chi connectivity index (χ1n) is 7.70. The molecule has 0 fully saturated rings. The summed E-state index contributed by atoms with van der Waals surface area (Å²) in [7, 11) is 1.59. The average molecular weight is 379 g/mol. The highest BCUT2D eigenvalue weighted by atomic mass is 35.5. The fraction of sp³-hybridized carbons (Fsp3) is 0.222. The minimum Gasteiger partial charge on any atom is -0.497 e. The van der Waals surface area contributed by atoms with E-state index in [2.05, 4.69) is 10.6 Å². The van der Waals surface area contributed by atoms with E-state index < -0.39 is 0 Å². The van der Waals surface area contributed by atoms with Crippen LogP contribution in [0.4, 0.5) is 5.69 Å². The summed E-state index contributed by atoms with van der Waals surface area (Å²) < 4.78 is 10.7. The van der Waals surface area contributed by atoms with Crippen molar-refractivity contribution in [2.24, 2.45) is 0 Å². The molecule has 25 heavy (non-hydrogen) atoms. The Hall–Kier alpha value is -2.31. The second-order valence-electron chi connectivity index (χ2n) is 5.14. The van der Waals surface area contributed by atoms with Crippen LogP contribution in [0.3, 0.4) is 0 Å². The zero-order chi connectivity index (χ0) is 18.1. The number of amides is 1. The number of anilines is 1. The van der Waals surface area contributed by atoms with Gasteiger partial charge in [0.25, 0.3) is 0 Å². The molecule has 0 radical (unpaired) electrons. The van der Waals surface area contributed by atoms with Gasteiger partial charge in [-0.2, -0.15) is 0 Å². The second-order valence-corrected chi connectivity index (χ2v) is 5.98. The van der Waals surface area contributed by atoms with Crippen molar-refractivity contribution in [2.45, 2.75) is 12.8 Å². The minimum atomic E-state index is -0.167. The normalized spacial score (nSPS) is 10.0. The summed E-state index contributed by atoms with van der Waals surface area (Å²) in [5.41, 5.74) is 0.746. The van der Waals surface area contributed by atoms with Crippen LogP contribution >= 0.6 is 23.8 Å². The van der Waals surface area contributed by atoms with E-state index in [1.165, 1.54) is 0 Å². The molecule has 0 saturated carbocycles. The first kappa shape index (κ1) is 19.0. The van der Waals surface area contributed by atoms with Crippen molar-refractivity contribution in [3.8, 4) is 11.5 Å². The topological polar surface area (TPSA) is 59.6 Å². The van der Waals surface area contributed by atoms with Gasteiger partial charge in [-0.15, -0.1) is 0 Å². The van der Waals surface area contributed by atoms with Crippen LogP contribution in [0.1, 0.15) is 12.8 Å². The van der Waals surface area contributed by atoms with E-state index in [1.54, 1.807) is 37.4 Å². The lowest BCUT2D eigenvalue weighted by molar-refractivity contribution is -0.119. The number of hydrogen-bond acceptors (Lipinski definition) is 4. The molecule has 2 rings (SSSR count). The van der Waals surface area contributed by atoms with Gasteiger partial charge in [0.2, 0.25) is 5.91 Å². The number of benzene rings is 2. The molecule has 0 spiro atoms. The van der Waals surface area contributed by atoms with Gasteiger partial charge in [-0.25, -0.2) is 0 Å². The quantitative estimate of drug-likeness (QED) is 0.563. The van der Waals surface area contributed by atoms with E-state index in [1.807, 2.05) is 18.2 Å². The first-order chi connectivity index (χ1) is 12.1. The molecule has 132 valence electrons. The van der Waals surface area contributed by atoms with Gasteiger partial charge in [-0.05, 0) is 55.0 Å². The lowest BCUT2D eigenvalue weighted by Gasteiger charge is -2.11. The van der Waals surface area contributed by atoms with Gasteiger partial charge >= 0.3 is 0 Å². The predicted octanol–water partition coefficient (Wildman–Crippen LogP) is 4.02. The summed E-state index contributed by atoms with van der Waals surface area (Å²) in [6.07, 6.45) is 0.893. The smallest absolute Gasteiger partial charge is 0.226 e. The van der Waals surface area contributed by atoms with Crippen molar-refractivity contribution < 1.29 is 14.3 Å². The zero-order valence-corrected chi connectivity index (χ0v) is 15.3. The maximum Gasteiger partial charge on any atom is 0.226 e. The highest BCUT2D eigenvalue weighted by Gasteiger charge is 2.06. The first-order valence-corrected chi connectivity index (χ1v) is 8.48. The fourth-order valence-corrected chi connectivity index (χ4v) is 2.36. The third-order valence-corrected chi connectivity index (χ3v) is 3.67. The molecule has 1 amide bonds. The van der Waals surface area contributed by atoms with Crippen LogP contribution in [0.2, 0.25) is 5.02 Å². The molecular weight excluding hydrogens is 360 g/mol. The van der Waals surface area contributed by atoms with Crippen LogP contribution in [0.15, 0.2) is 48.5 Å². The van der Waals surface area contributed by atoms with Crippen LogP contribution in [-0.2, 0) is 4.79 Å². The van der Waals surface area contributed by atoms with Crippen molar-refractivity contribution in [3.05, 3.63) is 53.6 Å². The van der Waals surface area contributed by atoms with Gasteiger partial charge in [-0.1, -0.05) is 17.7 Å². The van der Waals surface area contributed by atoms with Crippen LogP contribution < -0.4 is 20.1 Å². The Morgan fingerprint density at radius 1 is 1.16 bits per heavy atom. The number of halogens is 1. The molecule has 0 aromatic heterocycles. The summed E-state index contributed by atoms with van der Waals surface area (Å²) in [5, 5.41) is 6.49. The van der Waals surface area contributed by atoms with Gasteiger partial charge in [-0.3, -0.25) is 4.79 Å². The highest BCUT2D eigenvalue weighted by Crippen LogP contribution is 2.17. The minimum absolute atomic E-state index is 0.167. The Labute approximate surface area is 157 Å². The molecule has 0 aliphatic heterocycles. The van der Waals surface area contributed by atoms with Gasteiger partial charge in [0.15, 0.2) is 5.11 Å². The summed E-state index contributed by atoms with van der Waals surface area (Å²) >= 11 is 10.9. The second kappa shape index (κ2) is 9.86. The molecule has 2 N–H and O–H groups in total. The van der Waals surface area contributed by atoms with Crippen LogP contribution in [0.25, 0.3) is 0 Å². The number of rotatable bonds is 7. The molecule has 0 atom stereocenters. The van der Waals surface area contributed by atoms with E-state index in [0.717, 1.165) is 11.4 Å². The average Bonchev–Trinajstić information content (AvgIpc) is 2.60. The number of carbonyl (C=O) groups is 1. The molecular formula is C18H19ClN2O3S. The van der Waals surface area contributed by atoms with E-state index in [9.17, 15) is 4.79 Å². The van der Waals surface area contributed by atoms with Gasteiger partial charge in [0.05, 0.1) is 13.7 Å². The summed E-state index contributed by atoms with van der Waals surface area (Å²) in [4.78, 5) is 11.9. The summed E-state index contributed by atoms with van der Waals surface area (Å²) in [6, 6.07) is 14.4. The van der Waals surface area contributed by atoms with E-state index in [4.69, 9.17) is 33.3 Å². The molecule has 0 aliphatic carbocycles. The Balaban J connectivity index is 1.67. The largest absolute Gasteiger partial charge is 0.497 e. The standard InChI is InChI=1S/C18H19ClN2O3S/c1-23-16-5-2-4-14(12-16)20-18(25)21-17(22)6-3-11-24-15-9-7-13(19)8-10-15/h2,4-5,7-10,12H,3,6,11H2,1H3,(H2,20,21,22,25). The number of ether oxygens (including phenoxy) is 2. The number of thiocarbonyl (C=S) groups is 1. The third kappa shape index (κ3) is 6.99. The maximum absolute atomic E-state index is 11.9. The Morgan fingerprint density at radius 2 is 1.92 bits per heavy atom. The van der Waals surface area contributed by atoms with Crippen molar-refractivity contribution in [1.29, 1.82) is 0 Å². The number of carbonyl (C=O) groups excluding carboxylic acids is 1. The van der Waals surface area contributed by atoms with Crippen molar-refractivity contribution >= 4 is 40.5 Å². The number of methoxy groups -OCH3 is 1. The highest BCUT2D eigenvalue weighted by molar-refractivity contribution is 7.80. The van der Waals surface area contributed by atoms with Crippen molar-refractivity contribution in [1.82, 2.24) is 5.32 Å². The number of nitrogens with one attached hydrogen (secondary N) is 2. The van der Waals surface area contributed by atoms with Crippen molar-refractivity contribution in [3.63, 3.8) is 0 Å². The molecule has 0 heterocycles. The summed E-state index contributed by atoms with van der Waals surface area (Å²) in [6.45, 7) is 0.436. The Morgan fingerprint density at radius 3 is 2.64 bits per heavy atom. The van der Waals surface area contributed by atoms with Crippen LogP contribution in [-0.4, -0.2) is 24.7 Å². The van der Waals surface area contributed by atoms with Crippen molar-refractivity contribution in [2.75, 3.05) is 19.0 Å². The predicted molar refractivity (Wildman–Crippen MR) is 104 cm³/mol. The molecule has 0 unspecified atom stereocenters. The molecule has 0 saturated heterocycles. The molecule has 2 aromatic carbocycles. The van der Waals surface area contributed by atoms with Gasteiger partial charge in [0.1, 0.15) is 11.5 Å². The molecule has 0 bridgehead atoms. The Bertz CT molecular complexity index is 723. The molecule has 0 aliphatic rings. The molecule has 7 heteroatoms. The third-order valence-electron chi connectivity index (χ3n) is 3.21. The van der Waals surface area contributed by atoms with Crippen LogP contribution in [0, 0.1) is 0 Å². The summed E-state index contributed by atoms with van der Waals surface area (Å²) in [5.74, 6) is 1.26. The van der Waals surface area contributed by atoms with Crippen LogP contribution in [0.5, 0.6) is 11.5 Å². The number of hydrogen-bond donors (Lipinski definition) is 2. The SMILES string of the molecule is COc1cccc(NC(=S)NC(=O)CCCOc2ccc(Cl)cc2)c1. The van der Waals surface area contributed by atoms with Gasteiger partial charge in [0, 0.05) is 23.2 Å². The lowest BCUT2D eigenvalue weighted by Crippen LogP contribution is -2.34. The van der Waals surface area contributed by atoms with E-state index >= 15 is 0 Å². The monoisotopic (exact) mass is 378 g/mol. The molecule has 2 aromatic rings. The Kier molecular flexibility index (Phi) is 7.50. The van der Waals surface area contributed by atoms with E-state index in [0.29, 0.717) is 30.2 Å².